The molecule has 3 heterocycles. The molecule has 38 heavy (non-hydrogen) atoms. The van der Waals surface area contributed by atoms with Gasteiger partial charge < -0.3 is 18.9 Å². The van der Waals surface area contributed by atoms with Crippen LogP contribution in [0.5, 0.6) is 17.2 Å². The first-order chi connectivity index (χ1) is 18.5. The lowest BCUT2D eigenvalue weighted by molar-refractivity contribution is -0.139. The summed E-state index contributed by atoms with van der Waals surface area (Å²) in [5, 5.41) is 2.00. The molecule has 0 radical (unpaired) electrons. The smallest absolute Gasteiger partial charge is 0.338 e. The molecule has 9 heteroatoms. The molecule has 4 aromatic rings. The van der Waals surface area contributed by atoms with Crippen molar-refractivity contribution in [3.05, 3.63) is 96.7 Å². The van der Waals surface area contributed by atoms with Gasteiger partial charge in [-0.05, 0) is 54.5 Å². The molecule has 2 aliphatic rings. The van der Waals surface area contributed by atoms with Gasteiger partial charge in [-0.25, -0.2) is 9.79 Å². The topological polar surface area (TPSA) is 88.4 Å². The van der Waals surface area contributed by atoms with Gasteiger partial charge >= 0.3 is 5.97 Å². The second-order valence-electron chi connectivity index (χ2n) is 8.82. The normalized spacial score (nSPS) is 16.4. The summed E-state index contributed by atoms with van der Waals surface area (Å²) in [5.74, 6) is 1.32. The Bertz CT molecular complexity index is 1820. The Morgan fingerprint density at radius 1 is 1.16 bits per heavy atom. The third-order valence-electron chi connectivity index (χ3n) is 6.66. The Kier molecular flexibility index (Phi) is 6.00. The van der Waals surface area contributed by atoms with E-state index in [1.165, 1.54) is 11.3 Å². The number of aromatic nitrogens is 1. The molecule has 3 aromatic carbocycles. The number of methoxy groups -OCH3 is 1. The van der Waals surface area contributed by atoms with Gasteiger partial charge in [-0.3, -0.25) is 9.36 Å². The highest BCUT2D eigenvalue weighted by molar-refractivity contribution is 7.07. The highest BCUT2D eigenvalue weighted by Crippen LogP contribution is 2.38. The van der Waals surface area contributed by atoms with Crippen molar-refractivity contribution in [1.29, 1.82) is 0 Å². The summed E-state index contributed by atoms with van der Waals surface area (Å²) < 4.78 is 24.1. The number of hydrogen-bond donors (Lipinski definition) is 0. The lowest BCUT2D eigenvalue weighted by Crippen LogP contribution is -2.39. The SMILES string of the molecule is CCOC(=O)C1=C(C)N=c2s/c(=C\c3c(OC)ccc4ccccc34)c(=O)n2[C@@H]1c1ccc2c(c1)OCO2. The monoisotopic (exact) mass is 528 g/mol. The minimum atomic E-state index is -0.739. The molecule has 0 fully saturated rings. The fourth-order valence-electron chi connectivity index (χ4n) is 4.92. The maximum absolute atomic E-state index is 14.0. The van der Waals surface area contributed by atoms with Gasteiger partial charge in [0.15, 0.2) is 16.3 Å². The van der Waals surface area contributed by atoms with Gasteiger partial charge in [0.05, 0.1) is 35.6 Å². The van der Waals surface area contributed by atoms with Crippen LogP contribution < -0.4 is 29.1 Å². The van der Waals surface area contributed by atoms with E-state index in [1.54, 1.807) is 37.7 Å². The predicted molar refractivity (Wildman–Crippen MR) is 143 cm³/mol. The molecule has 8 nitrogen and oxygen atoms in total. The van der Waals surface area contributed by atoms with Crippen LogP contribution in [-0.4, -0.2) is 31.0 Å². The molecule has 1 atom stereocenters. The summed E-state index contributed by atoms with van der Waals surface area (Å²) in [6.45, 7) is 3.83. The first-order valence-corrected chi connectivity index (χ1v) is 13.0. The first kappa shape index (κ1) is 24.0. The Balaban J connectivity index is 1.60. The van der Waals surface area contributed by atoms with Crippen LogP contribution in [0.15, 0.2) is 75.7 Å². The van der Waals surface area contributed by atoms with Gasteiger partial charge in [0, 0.05) is 5.56 Å². The van der Waals surface area contributed by atoms with Gasteiger partial charge in [0.1, 0.15) is 5.75 Å². The molecule has 0 amide bonds. The van der Waals surface area contributed by atoms with E-state index in [9.17, 15) is 9.59 Å². The van der Waals surface area contributed by atoms with E-state index in [2.05, 4.69) is 4.99 Å². The second-order valence-corrected chi connectivity index (χ2v) is 9.83. The standard InChI is InChI=1S/C29H24N2O6S/c1-4-35-28(33)25-16(2)30-29-31(26(25)18-10-12-22-23(13-18)37-15-36-22)27(32)24(38-29)14-20-19-8-6-5-7-17(19)9-11-21(20)34-3/h5-14,26H,4,15H2,1-3H3/b24-14-/t26-/m1/s1. The van der Waals surface area contributed by atoms with Crippen LogP contribution in [0.25, 0.3) is 16.8 Å². The summed E-state index contributed by atoms with van der Waals surface area (Å²) in [7, 11) is 1.61. The van der Waals surface area contributed by atoms with Gasteiger partial charge in [-0.2, -0.15) is 0 Å². The molecule has 0 unspecified atom stereocenters. The van der Waals surface area contributed by atoms with E-state index < -0.39 is 12.0 Å². The van der Waals surface area contributed by atoms with Crippen molar-refractivity contribution in [2.24, 2.45) is 4.99 Å². The third kappa shape index (κ3) is 3.86. The molecule has 0 aliphatic carbocycles. The fraction of sp³-hybridized carbons (Fsp3) is 0.207. The second kappa shape index (κ2) is 9.50. The number of rotatable bonds is 5. The zero-order valence-electron chi connectivity index (χ0n) is 21.0. The quantitative estimate of drug-likeness (QED) is 0.367. The molecule has 0 N–H and O–H groups in total. The van der Waals surface area contributed by atoms with Gasteiger partial charge in [-0.15, -0.1) is 0 Å². The van der Waals surface area contributed by atoms with E-state index in [0.29, 0.717) is 43.4 Å². The first-order valence-electron chi connectivity index (χ1n) is 12.1. The van der Waals surface area contributed by atoms with Crippen molar-refractivity contribution in [3.63, 3.8) is 0 Å². The molecule has 192 valence electrons. The number of allylic oxidation sites excluding steroid dienone is 1. The Hall–Kier alpha value is -4.37. The molecule has 2 aliphatic heterocycles. The number of benzene rings is 3. The maximum Gasteiger partial charge on any atom is 0.338 e. The van der Waals surface area contributed by atoms with Crippen molar-refractivity contribution in [2.75, 3.05) is 20.5 Å². The average molecular weight is 529 g/mol. The minimum absolute atomic E-state index is 0.119. The number of nitrogens with zero attached hydrogens (tertiary/aromatic N) is 2. The Labute approximate surface area is 221 Å². The average Bonchev–Trinajstić information content (AvgIpc) is 3.51. The summed E-state index contributed by atoms with van der Waals surface area (Å²) in [6, 6.07) is 16.5. The van der Waals surface area contributed by atoms with Crippen LogP contribution in [0.1, 0.15) is 31.0 Å². The van der Waals surface area contributed by atoms with E-state index in [4.69, 9.17) is 18.9 Å². The molecule has 0 saturated heterocycles. The molecular formula is C29H24N2O6S. The number of thiazole rings is 1. The third-order valence-corrected chi connectivity index (χ3v) is 7.64. The number of fused-ring (bicyclic) bond motifs is 3. The number of hydrogen-bond acceptors (Lipinski definition) is 8. The fourth-order valence-corrected chi connectivity index (χ4v) is 5.95. The highest BCUT2D eigenvalue weighted by atomic mass is 32.1. The van der Waals surface area contributed by atoms with Gasteiger partial charge in [0.25, 0.3) is 5.56 Å². The van der Waals surface area contributed by atoms with Crippen molar-refractivity contribution < 1.29 is 23.7 Å². The van der Waals surface area contributed by atoms with Crippen molar-refractivity contribution in [1.82, 2.24) is 4.57 Å². The Morgan fingerprint density at radius 3 is 2.79 bits per heavy atom. The van der Waals surface area contributed by atoms with Crippen LogP contribution >= 0.6 is 11.3 Å². The van der Waals surface area contributed by atoms with Crippen LogP contribution in [0.2, 0.25) is 0 Å². The highest BCUT2D eigenvalue weighted by Gasteiger charge is 2.34. The minimum Gasteiger partial charge on any atom is -0.496 e. The van der Waals surface area contributed by atoms with Crippen LogP contribution in [-0.2, 0) is 9.53 Å². The maximum atomic E-state index is 14.0. The van der Waals surface area contributed by atoms with E-state index in [-0.39, 0.29) is 19.0 Å². The number of esters is 1. The lowest BCUT2D eigenvalue weighted by atomic mass is 9.95. The summed E-state index contributed by atoms with van der Waals surface area (Å²) >= 11 is 1.27. The van der Waals surface area contributed by atoms with Gasteiger partial charge in [0.2, 0.25) is 6.79 Å². The molecular weight excluding hydrogens is 504 g/mol. The van der Waals surface area contributed by atoms with Crippen LogP contribution in [0.4, 0.5) is 0 Å². The molecule has 0 bridgehead atoms. The van der Waals surface area contributed by atoms with Crippen LogP contribution in [0, 0.1) is 0 Å². The van der Waals surface area contributed by atoms with Gasteiger partial charge in [-0.1, -0.05) is 47.7 Å². The summed E-state index contributed by atoms with van der Waals surface area (Å²) in [5.41, 5.74) is 2.05. The molecule has 0 spiro atoms. The van der Waals surface area contributed by atoms with Crippen molar-refractivity contribution >= 4 is 34.2 Å². The Morgan fingerprint density at radius 2 is 1.97 bits per heavy atom. The zero-order valence-corrected chi connectivity index (χ0v) is 21.8. The molecule has 6 rings (SSSR count). The molecule has 0 saturated carbocycles. The van der Waals surface area contributed by atoms with E-state index >= 15 is 0 Å². The lowest BCUT2D eigenvalue weighted by Gasteiger charge is -2.24. The summed E-state index contributed by atoms with van der Waals surface area (Å²) in [4.78, 5) is 32.3. The van der Waals surface area contributed by atoms with E-state index in [0.717, 1.165) is 16.3 Å². The van der Waals surface area contributed by atoms with E-state index in [1.807, 2.05) is 48.5 Å². The van der Waals surface area contributed by atoms with Crippen molar-refractivity contribution in [3.8, 4) is 17.2 Å². The number of ether oxygens (including phenoxy) is 4. The zero-order chi connectivity index (χ0) is 26.4. The number of carbonyl (C=O) groups is 1. The number of carbonyl (C=O) groups excluding carboxylic acids is 1. The predicted octanol–water partition coefficient (Wildman–Crippen LogP) is 3.69. The summed E-state index contributed by atoms with van der Waals surface area (Å²) in [6.07, 6.45) is 1.84. The molecule has 1 aromatic heterocycles. The largest absolute Gasteiger partial charge is 0.496 e. The van der Waals surface area contributed by atoms with Crippen molar-refractivity contribution in [2.45, 2.75) is 19.9 Å². The van der Waals surface area contributed by atoms with Crippen LogP contribution in [0.3, 0.4) is 0 Å².